The third-order valence-electron chi connectivity index (χ3n) is 2.04. The van der Waals surface area contributed by atoms with Gasteiger partial charge in [-0.2, -0.15) is 0 Å². The summed E-state index contributed by atoms with van der Waals surface area (Å²) in [4.78, 5) is -0.00227. The minimum atomic E-state index is -3.87. The minimum Gasteiger partial charge on any atom is -0.408 e. The molecule has 1 aromatic heterocycles. The molecule has 0 aliphatic rings. The van der Waals surface area contributed by atoms with Gasteiger partial charge in [0.05, 0.1) is 0 Å². The van der Waals surface area contributed by atoms with Gasteiger partial charge in [-0.05, 0) is 44.0 Å². The summed E-state index contributed by atoms with van der Waals surface area (Å²) in [6.07, 6.45) is 0. The summed E-state index contributed by atoms with van der Waals surface area (Å²) in [6.45, 7) is 1.56. The van der Waals surface area contributed by atoms with Gasteiger partial charge in [-0.1, -0.05) is 5.10 Å². The Morgan fingerprint density at radius 2 is 1.84 bits per heavy atom. The fourth-order valence-electron chi connectivity index (χ4n) is 1.34. The van der Waals surface area contributed by atoms with E-state index in [0.29, 0.717) is 14.6 Å². The van der Waals surface area contributed by atoms with Crippen molar-refractivity contribution in [2.24, 2.45) is 0 Å². The van der Waals surface area contributed by atoms with E-state index >= 15 is 0 Å². The number of hydrogen-bond donors (Lipinski definition) is 2. The lowest BCUT2D eigenvalue weighted by Crippen LogP contribution is -2.14. The molecular formula is C9H8Br2N4O3S. The summed E-state index contributed by atoms with van der Waals surface area (Å²) in [6, 6.07) is 2.77. The molecule has 0 saturated carbocycles. The topological polar surface area (TPSA) is 111 Å². The number of halogens is 2. The fraction of sp³-hybridized carbons (Fsp3) is 0.111. The quantitative estimate of drug-likeness (QED) is 0.749. The predicted octanol–water partition coefficient (Wildman–Crippen LogP) is 2.29. The van der Waals surface area contributed by atoms with E-state index in [0.717, 1.165) is 0 Å². The Kier molecular flexibility index (Phi) is 3.83. The summed E-state index contributed by atoms with van der Waals surface area (Å²) in [7, 11) is -3.87. The van der Waals surface area contributed by atoms with Crippen molar-refractivity contribution in [3.8, 4) is 0 Å². The van der Waals surface area contributed by atoms with Crippen LogP contribution in [0, 0.1) is 6.92 Å². The highest BCUT2D eigenvalue weighted by atomic mass is 79.9. The van der Waals surface area contributed by atoms with Crippen LogP contribution >= 0.6 is 31.9 Å². The van der Waals surface area contributed by atoms with Crippen LogP contribution in [0.2, 0.25) is 0 Å². The average molecular weight is 412 g/mol. The number of anilines is 2. The largest absolute Gasteiger partial charge is 0.408 e. The van der Waals surface area contributed by atoms with Gasteiger partial charge in [0.25, 0.3) is 10.0 Å². The van der Waals surface area contributed by atoms with Gasteiger partial charge in [0.15, 0.2) is 0 Å². The Hall–Kier alpha value is -1.13. The van der Waals surface area contributed by atoms with E-state index < -0.39 is 10.0 Å². The number of nitrogen functional groups attached to an aromatic ring is 1. The Morgan fingerprint density at radius 1 is 1.26 bits per heavy atom. The Morgan fingerprint density at radius 3 is 2.32 bits per heavy atom. The minimum absolute atomic E-state index is 0.00227. The predicted molar refractivity (Wildman–Crippen MR) is 76.1 cm³/mol. The van der Waals surface area contributed by atoms with E-state index in [4.69, 9.17) is 10.2 Å². The third-order valence-corrected chi connectivity index (χ3v) is 5.23. The van der Waals surface area contributed by atoms with Gasteiger partial charge in [0.2, 0.25) is 5.89 Å². The highest BCUT2D eigenvalue weighted by molar-refractivity contribution is 9.11. The number of aromatic nitrogens is 2. The molecule has 1 heterocycles. The van der Waals surface area contributed by atoms with E-state index in [9.17, 15) is 8.42 Å². The zero-order chi connectivity index (χ0) is 14.2. The van der Waals surface area contributed by atoms with Crippen LogP contribution in [0.15, 0.2) is 30.4 Å². The van der Waals surface area contributed by atoms with Crippen molar-refractivity contribution in [1.29, 1.82) is 0 Å². The molecule has 1 aromatic carbocycles. The van der Waals surface area contributed by atoms with Crippen LogP contribution in [0.1, 0.15) is 5.89 Å². The first kappa shape index (κ1) is 14.3. The van der Waals surface area contributed by atoms with Gasteiger partial charge in [0, 0.05) is 21.6 Å². The molecule has 0 bridgehead atoms. The third kappa shape index (κ3) is 3.07. The number of nitrogens with zero attached hydrogens (tertiary/aromatic N) is 2. The molecule has 0 radical (unpaired) electrons. The molecule has 0 aliphatic heterocycles. The van der Waals surface area contributed by atoms with Gasteiger partial charge in [-0.3, -0.25) is 0 Å². The maximum atomic E-state index is 12.2. The smallest absolute Gasteiger partial charge is 0.329 e. The van der Waals surface area contributed by atoms with E-state index in [1.54, 1.807) is 6.92 Å². The molecule has 19 heavy (non-hydrogen) atoms. The summed E-state index contributed by atoms with van der Waals surface area (Å²) in [5, 5.41) is 7.11. The molecule has 0 amide bonds. The molecule has 0 atom stereocenters. The molecule has 0 saturated heterocycles. The standard InChI is InChI=1S/C9H8Br2N4O3S/c1-4-13-14-9(18-4)15-19(16,17)8-6(10)2-5(12)3-7(8)11/h2-3H,12H2,1H3,(H,14,15). The molecule has 2 aromatic rings. The molecule has 102 valence electrons. The van der Waals surface area contributed by atoms with Crippen molar-refractivity contribution < 1.29 is 12.8 Å². The number of nitrogens with one attached hydrogen (secondary N) is 1. The Balaban J connectivity index is 2.45. The fourth-order valence-corrected chi connectivity index (χ4v) is 4.89. The molecule has 2 rings (SSSR count). The van der Waals surface area contributed by atoms with Crippen molar-refractivity contribution in [2.45, 2.75) is 11.8 Å². The lowest BCUT2D eigenvalue weighted by Gasteiger charge is -2.09. The second-order valence-corrected chi connectivity index (χ2v) is 6.87. The van der Waals surface area contributed by atoms with Gasteiger partial charge in [0.1, 0.15) is 4.90 Å². The summed E-state index contributed by atoms with van der Waals surface area (Å²) >= 11 is 6.31. The van der Waals surface area contributed by atoms with Crippen LogP contribution in [0.4, 0.5) is 11.7 Å². The number of rotatable bonds is 3. The van der Waals surface area contributed by atoms with Gasteiger partial charge < -0.3 is 10.2 Å². The molecule has 7 nitrogen and oxygen atoms in total. The monoisotopic (exact) mass is 410 g/mol. The van der Waals surface area contributed by atoms with Crippen molar-refractivity contribution in [3.63, 3.8) is 0 Å². The molecule has 0 aliphatic carbocycles. The normalized spacial score (nSPS) is 11.5. The molecule has 3 N–H and O–H groups in total. The second kappa shape index (κ2) is 5.10. The number of sulfonamides is 1. The van der Waals surface area contributed by atoms with Gasteiger partial charge >= 0.3 is 6.01 Å². The van der Waals surface area contributed by atoms with Crippen LogP contribution in [0.25, 0.3) is 0 Å². The number of aryl methyl sites for hydroxylation is 1. The Bertz CT molecular complexity index is 706. The highest BCUT2D eigenvalue weighted by Crippen LogP contribution is 2.33. The highest BCUT2D eigenvalue weighted by Gasteiger charge is 2.23. The first-order chi connectivity index (χ1) is 8.79. The summed E-state index contributed by atoms with van der Waals surface area (Å²) in [5.41, 5.74) is 6.03. The van der Waals surface area contributed by atoms with Crippen LogP contribution in [0.3, 0.4) is 0 Å². The van der Waals surface area contributed by atoms with Crippen LogP contribution in [0.5, 0.6) is 0 Å². The van der Waals surface area contributed by atoms with Gasteiger partial charge in [-0.15, -0.1) is 5.10 Å². The van der Waals surface area contributed by atoms with Crippen molar-refractivity contribution in [2.75, 3.05) is 10.5 Å². The maximum absolute atomic E-state index is 12.2. The number of benzene rings is 1. The number of hydrogen-bond acceptors (Lipinski definition) is 6. The van der Waals surface area contributed by atoms with E-state index in [2.05, 4.69) is 46.8 Å². The molecule has 0 spiro atoms. The first-order valence-electron chi connectivity index (χ1n) is 4.87. The van der Waals surface area contributed by atoms with E-state index in [1.807, 2.05) is 0 Å². The average Bonchev–Trinajstić information content (AvgIpc) is 2.60. The van der Waals surface area contributed by atoms with Crippen molar-refractivity contribution in [1.82, 2.24) is 10.2 Å². The van der Waals surface area contributed by atoms with Crippen molar-refractivity contribution >= 4 is 53.6 Å². The molecule has 0 unspecified atom stereocenters. The lowest BCUT2D eigenvalue weighted by molar-refractivity contribution is 0.534. The Labute approximate surface area is 125 Å². The summed E-state index contributed by atoms with van der Waals surface area (Å²) < 4.78 is 32.3. The molecule has 0 fully saturated rings. The molecular weight excluding hydrogens is 404 g/mol. The van der Waals surface area contributed by atoms with Crippen LogP contribution in [-0.4, -0.2) is 18.6 Å². The summed E-state index contributed by atoms with van der Waals surface area (Å²) in [5.74, 6) is 0.258. The van der Waals surface area contributed by atoms with Crippen LogP contribution in [-0.2, 0) is 10.0 Å². The first-order valence-corrected chi connectivity index (χ1v) is 7.94. The van der Waals surface area contributed by atoms with Crippen LogP contribution < -0.4 is 10.5 Å². The van der Waals surface area contributed by atoms with E-state index in [-0.39, 0.29) is 16.8 Å². The van der Waals surface area contributed by atoms with Gasteiger partial charge in [-0.25, -0.2) is 13.1 Å². The SMILES string of the molecule is Cc1nnc(NS(=O)(=O)c2c(Br)cc(N)cc2Br)o1. The lowest BCUT2D eigenvalue weighted by atomic mass is 10.3. The zero-order valence-corrected chi connectivity index (χ0v) is 13.5. The zero-order valence-electron chi connectivity index (χ0n) is 9.52. The van der Waals surface area contributed by atoms with E-state index in [1.165, 1.54) is 12.1 Å². The van der Waals surface area contributed by atoms with Crippen molar-refractivity contribution in [3.05, 3.63) is 27.0 Å². The maximum Gasteiger partial charge on any atom is 0.329 e. The molecule has 10 heteroatoms. The number of nitrogens with two attached hydrogens (primary N) is 1. The second-order valence-electron chi connectivity index (χ2n) is 3.55.